The topological polar surface area (TPSA) is 66.9 Å². The van der Waals surface area contributed by atoms with E-state index in [0.717, 1.165) is 32.7 Å². The number of piperidine rings is 1. The van der Waals surface area contributed by atoms with Crippen LogP contribution in [0.25, 0.3) is 10.8 Å². The van der Waals surface area contributed by atoms with Gasteiger partial charge in [-0.1, -0.05) is 31.2 Å². The molecule has 0 aromatic heterocycles. The maximum atomic E-state index is 16.5. The lowest BCUT2D eigenvalue weighted by molar-refractivity contribution is -0.155. The highest BCUT2D eigenvalue weighted by Crippen LogP contribution is 2.44. The summed E-state index contributed by atoms with van der Waals surface area (Å²) in [5.74, 6) is -4.28. The van der Waals surface area contributed by atoms with Gasteiger partial charge < -0.3 is 9.64 Å². The summed E-state index contributed by atoms with van der Waals surface area (Å²) in [6.07, 6.45) is 1.96. The number of amides is 1. The van der Waals surface area contributed by atoms with Crippen LogP contribution in [0, 0.1) is 5.92 Å². The molecule has 3 aliphatic rings. The largest absolute Gasteiger partial charge is 0.490 e. The lowest BCUT2D eigenvalue weighted by atomic mass is 9.90. The number of sulfonamides is 1. The standard InChI is InChI=1S/C34H37F5N2O4S/c1-21-17-26-13-14-27(18-21)41(26)32(42)31(33(35,36)24-9-11-25(12-10-24)34(37,38)39)40(2)46(43,44)30-16-8-22-19-29(15-7-23(22)20-30)45-28-5-3-4-6-28/h7-12,15-16,19-21,26-28,31H,3-6,13-14,17-18H2,1-2H3. The van der Waals surface area contributed by atoms with Crippen LogP contribution >= 0.6 is 0 Å². The van der Waals surface area contributed by atoms with Gasteiger partial charge in [0.15, 0.2) is 6.04 Å². The van der Waals surface area contributed by atoms with Crippen LogP contribution in [0.3, 0.4) is 0 Å². The fraction of sp³-hybridized carbons (Fsp3) is 0.500. The minimum absolute atomic E-state index is 0.130. The number of nitrogens with zero attached hydrogens (tertiary/aromatic N) is 2. The zero-order valence-corrected chi connectivity index (χ0v) is 26.5. The van der Waals surface area contributed by atoms with Crippen LogP contribution in [0.2, 0.25) is 0 Å². The molecular formula is C34H37F5N2O4S. The SMILES string of the molecule is CC1CC2CCC(C1)N2C(=O)C(N(C)S(=O)(=O)c1ccc2cc(OC3CCCC3)ccc2c1)C(F)(F)c1ccc(C(F)(F)F)cc1. The smallest absolute Gasteiger partial charge is 0.416 e. The summed E-state index contributed by atoms with van der Waals surface area (Å²) in [6.45, 7) is 2.03. The third kappa shape index (κ3) is 6.10. The molecule has 3 aromatic carbocycles. The monoisotopic (exact) mass is 664 g/mol. The van der Waals surface area contributed by atoms with Crippen molar-refractivity contribution in [3.63, 3.8) is 0 Å². The number of alkyl halides is 5. The number of carbonyl (C=O) groups is 1. The van der Waals surface area contributed by atoms with E-state index < -0.39 is 45.2 Å². The number of hydrogen-bond acceptors (Lipinski definition) is 4. The molecule has 2 saturated heterocycles. The molecule has 3 aromatic rings. The number of carbonyl (C=O) groups excluding carboxylic acids is 1. The summed E-state index contributed by atoms with van der Waals surface area (Å²) in [5, 5.41) is 1.23. The van der Waals surface area contributed by atoms with Crippen molar-refractivity contribution in [2.24, 2.45) is 5.92 Å². The first-order valence-electron chi connectivity index (χ1n) is 15.7. The van der Waals surface area contributed by atoms with Gasteiger partial charge in [0.25, 0.3) is 5.92 Å². The second kappa shape index (κ2) is 12.1. The summed E-state index contributed by atoms with van der Waals surface area (Å²) in [6, 6.07) is 8.55. The van der Waals surface area contributed by atoms with E-state index in [-0.39, 0.29) is 29.0 Å². The van der Waals surface area contributed by atoms with Gasteiger partial charge in [-0.05, 0) is 104 Å². The van der Waals surface area contributed by atoms with Crippen molar-refractivity contribution in [2.75, 3.05) is 7.05 Å². The van der Waals surface area contributed by atoms with Crippen LogP contribution < -0.4 is 4.74 Å². The van der Waals surface area contributed by atoms with Crippen molar-refractivity contribution < 1.29 is 39.9 Å². The second-order valence-corrected chi connectivity index (χ2v) is 15.0. The molecule has 2 aliphatic heterocycles. The Morgan fingerprint density at radius 3 is 2.02 bits per heavy atom. The molecule has 1 amide bonds. The maximum absolute atomic E-state index is 16.5. The Kier molecular flexibility index (Phi) is 8.58. The van der Waals surface area contributed by atoms with Crippen LogP contribution in [0.15, 0.2) is 65.6 Å². The molecule has 0 N–H and O–H groups in total. The predicted octanol–water partition coefficient (Wildman–Crippen LogP) is 7.75. The number of rotatable bonds is 8. The lowest BCUT2D eigenvalue weighted by Crippen LogP contribution is -2.60. The van der Waals surface area contributed by atoms with Gasteiger partial charge in [-0.15, -0.1) is 0 Å². The van der Waals surface area contributed by atoms with Crippen LogP contribution in [0.4, 0.5) is 22.0 Å². The number of likely N-dealkylation sites (N-methyl/N-ethyl adjacent to an activating group) is 1. The van der Waals surface area contributed by atoms with E-state index in [0.29, 0.717) is 70.8 Å². The van der Waals surface area contributed by atoms with E-state index in [2.05, 4.69) is 0 Å². The van der Waals surface area contributed by atoms with E-state index in [1.54, 1.807) is 24.3 Å². The van der Waals surface area contributed by atoms with E-state index in [1.165, 1.54) is 17.0 Å². The molecule has 12 heteroatoms. The highest BCUT2D eigenvalue weighted by Gasteiger charge is 2.56. The zero-order valence-electron chi connectivity index (χ0n) is 25.6. The van der Waals surface area contributed by atoms with Crippen LogP contribution in [-0.4, -0.2) is 54.8 Å². The summed E-state index contributed by atoms with van der Waals surface area (Å²) in [7, 11) is -3.76. The molecule has 2 heterocycles. The molecular weight excluding hydrogens is 627 g/mol. The highest BCUT2D eigenvalue weighted by atomic mass is 32.2. The van der Waals surface area contributed by atoms with Gasteiger partial charge in [0, 0.05) is 24.7 Å². The molecule has 2 bridgehead atoms. The molecule has 1 aliphatic carbocycles. The maximum Gasteiger partial charge on any atom is 0.416 e. The molecule has 3 fully saturated rings. The van der Waals surface area contributed by atoms with E-state index in [1.807, 2.05) is 6.92 Å². The Hall–Kier alpha value is -3.25. The fourth-order valence-corrected chi connectivity index (χ4v) is 8.82. The third-order valence-electron chi connectivity index (χ3n) is 9.83. The molecule has 46 heavy (non-hydrogen) atoms. The van der Waals surface area contributed by atoms with E-state index >= 15 is 8.78 Å². The van der Waals surface area contributed by atoms with Crippen molar-refractivity contribution in [2.45, 2.75) is 99.5 Å². The molecule has 6 nitrogen and oxygen atoms in total. The molecule has 0 spiro atoms. The molecule has 6 rings (SSSR count). The summed E-state index contributed by atoms with van der Waals surface area (Å²) < 4.78 is 107. The number of ether oxygens (including phenoxy) is 1. The van der Waals surface area contributed by atoms with Gasteiger partial charge in [-0.25, -0.2) is 8.42 Å². The fourth-order valence-electron chi connectivity index (χ4n) is 7.47. The van der Waals surface area contributed by atoms with Crippen molar-refractivity contribution in [1.82, 2.24) is 9.21 Å². The Morgan fingerprint density at radius 2 is 1.41 bits per heavy atom. The van der Waals surface area contributed by atoms with Gasteiger partial charge in [0.05, 0.1) is 16.6 Å². The Bertz CT molecular complexity index is 1690. The number of benzene rings is 3. The lowest BCUT2D eigenvalue weighted by Gasteiger charge is -2.42. The first-order chi connectivity index (χ1) is 21.7. The van der Waals surface area contributed by atoms with Crippen molar-refractivity contribution in [3.8, 4) is 5.75 Å². The van der Waals surface area contributed by atoms with Gasteiger partial charge in [0.1, 0.15) is 5.75 Å². The Morgan fingerprint density at radius 1 is 0.848 bits per heavy atom. The molecule has 3 unspecified atom stereocenters. The van der Waals surface area contributed by atoms with Crippen molar-refractivity contribution in [3.05, 3.63) is 71.8 Å². The Labute approximate surface area is 265 Å². The van der Waals surface area contributed by atoms with Crippen LogP contribution in [-0.2, 0) is 26.9 Å². The predicted molar refractivity (Wildman–Crippen MR) is 163 cm³/mol. The number of hydrogen-bond donors (Lipinski definition) is 0. The average Bonchev–Trinajstić information content (AvgIpc) is 3.61. The van der Waals surface area contributed by atoms with Gasteiger partial charge in [-0.2, -0.15) is 26.3 Å². The average molecular weight is 665 g/mol. The summed E-state index contributed by atoms with van der Waals surface area (Å²) in [5.41, 5.74) is -2.01. The normalized spacial score (nSPS) is 23.3. The zero-order chi connectivity index (χ0) is 33.0. The van der Waals surface area contributed by atoms with Crippen LogP contribution in [0.5, 0.6) is 5.75 Å². The van der Waals surface area contributed by atoms with Gasteiger partial charge in [0.2, 0.25) is 15.9 Å². The van der Waals surface area contributed by atoms with Crippen molar-refractivity contribution in [1.29, 1.82) is 0 Å². The third-order valence-corrected chi connectivity index (χ3v) is 11.6. The minimum atomic E-state index is -4.76. The molecule has 1 saturated carbocycles. The minimum Gasteiger partial charge on any atom is -0.490 e. The quantitative estimate of drug-likeness (QED) is 0.231. The first kappa shape index (κ1) is 32.7. The number of halogens is 5. The second-order valence-electron chi connectivity index (χ2n) is 13.0. The van der Waals surface area contributed by atoms with Gasteiger partial charge in [-0.3, -0.25) is 4.79 Å². The summed E-state index contributed by atoms with van der Waals surface area (Å²) in [4.78, 5) is 15.3. The highest BCUT2D eigenvalue weighted by molar-refractivity contribution is 7.89. The molecule has 248 valence electrons. The Balaban J connectivity index is 1.36. The van der Waals surface area contributed by atoms with Crippen LogP contribution in [0.1, 0.15) is 69.4 Å². The summed E-state index contributed by atoms with van der Waals surface area (Å²) >= 11 is 0. The first-order valence-corrected chi connectivity index (χ1v) is 17.2. The van der Waals surface area contributed by atoms with E-state index in [4.69, 9.17) is 4.74 Å². The number of fused-ring (bicyclic) bond motifs is 3. The van der Waals surface area contributed by atoms with Crippen molar-refractivity contribution >= 4 is 26.7 Å². The van der Waals surface area contributed by atoms with Gasteiger partial charge >= 0.3 is 6.18 Å². The molecule has 0 radical (unpaired) electrons. The molecule has 3 atom stereocenters. The van der Waals surface area contributed by atoms with E-state index in [9.17, 15) is 26.4 Å².